The summed E-state index contributed by atoms with van der Waals surface area (Å²) >= 11 is 0. The average Bonchev–Trinajstić information content (AvgIpc) is 0. The van der Waals surface area contributed by atoms with Gasteiger partial charge >= 0.3 is 0 Å². The SMILES string of the molecule is [Ca].[Ca].[Ca].[Fe]. The fraction of sp³-hybridized carbons (Fsp3) is 0. The summed E-state index contributed by atoms with van der Waals surface area (Å²) < 4.78 is 0. The fourth-order valence-electron chi connectivity index (χ4n) is 0. The first kappa shape index (κ1) is 23.9. The summed E-state index contributed by atoms with van der Waals surface area (Å²) in [5.41, 5.74) is 0. The van der Waals surface area contributed by atoms with E-state index in [1.54, 1.807) is 0 Å². The molecule has 0 N–H and O–H groups in total. The Hall–Kier alpha value is 4.30. The topological polar surface area (TPSA) is 0 Å². The summed E-state index contributed by atoms with van der Waals surface area (Å²) in [5, 5.41) is 0. The fourth-order valence-corrected chi connectivity index (χ4v) is 0. The van der Waals surface area contributed by atoms with Crippen LogP contribution < -0.4 is 0 Å². The summed E-state index contributed by atoms with van der Waals surface area (Å²) in [4.78, 5) is 0. The van der Waals surface area contributed by atoms with Gasteiger partial charge in [-0.05, 0) is 0 Å². The van der Waals surface area contributed by atoms with Crippen molar-refractivity contribution in [2.24, 2.45) is 0 Å². The van der Waals surface area contributed by atoms with E-state index in [1.165, 1.54) is 0 Å². The van der Waals surface area contributed by atoms with Gasteiger partial charge in [0.2, 0.25) is 0 Å². The van der Waals surface area contributed by atoms with Crippen LogP contribution in [0.15, 0.2) is 0 Å². The monoisotopic (exact) mass is 176 g/mol. The quantitative estimate of drug-likeness (QED) is 0.409. The summed E-state index contributed by atoms with van der Waals surface area (Å²) in [6, 6.07) is 0. The Bertz CT molecular complexity index is 3.25. The van der Waals surface area contributed by atoms with E-state index in [1.807, 2.05) is 0 Å². The smallest absolute Gasteiger partial charge is 0 e. The van der Waals surface area contributed by atoms with Gasteiger partial charge in [-0.15, -0.1) is 0 Å². The molecule has 0 aliphatic rings. The summed E-state index contributed by atoms with van der Waals surface area (Å²) in [7, 11) is 0. The van der Waals surface area contributed by atoms with Crippen LogP contribution in [-0.2, 0) is 17.1 Å². The molecule has 0 fully saturated rings. The van der Waals surface area contributed by atoms with Crippen molar-refractivity contribution in [3.8, 4) is 0 Å². The van der Waals surface area contributed by atoms with Gasteiger partial charge in [0.15, 0.2) is 0 Å². The predicted octanol–water partition coefficient (Wildman–Crippen LogP) is -1.14. The molecule has 4 heteroatoms. The maximum absolute atomic E-state index is 0. The molecule has 0 atom stereocenters. The molecule has 0 amide bonds. The largest absolute Gasteiger partial charge is 0 e. The Balaban J connectivity index is 0. The van der Waals surface area contributed by atoms with Crippen LogP contribution in [-0.4, -0.2) is 113 Å². The number of hydrogen-bond acceptors (Lipinski definition) is 0. The van der Waals surface area contributed by atoms with Crippen molar-refractivity contribution in [3.05, 3.63) is 0 Å². The third kappa shape index (κ3) is 9.57. The molecule has 0 bridgehead atoms. The normalized spacial score (nSPS) is 0. The molecule has 6 radical (unpaired) electrons. The Morgan fingerprint density at radius 1 is 0.500 bits per heavy atom. The van der Waals surface area contributed by atoms with Crippen molar-refractivity contribution >= 4 is 113 Å². The van der Waals surface area contributed by atoms with Crippen molar-refractivity contribution in [2.45, 2.75) is 0 Å². The molecule has 4 heavy (non-hydrogen) atoms. The van der Waals surface area contributed by atoms with Gasteiger partial charge in [0, 0.05) is 130 Å². The molecule has 0 spiro atoms. The van der Waals surface area contributed by atoms with E-state index in [0.29, 0.717) is 0 Å². The summed E-state index contributed by atoms with van der Waals surface area (Å²) in [5.74, 6) is 0. The van der Waals surface area contributed by atoms with E-state index in [2.05, 4.69) is 0 Å². The molecule has 0 nitrogen and oxygen atoms in total. The Kier molecular flexibility index (Phi) is 93.7. The van der Waals surface area contributed by atoms with Crippen molar-refractivity contribution < 1.29 is 17.1 Å². The minimum atomic E-state index is 0. The van der Waals surface area contributed by atoms with Gasteiger partial charge in [-0.1, -0.05) is 0 Å². The van der Waals surface area contributed by atoms with Crippen LogP contribution in [0.2, 0.25) is 0 Å². The molecular formula is Ca3Fe. The number of hydrogen-bond donors (Lipinski definition) is 0. The van der Waals surface area contributed by atoms with E-state index in [9.17, 15) is 0 Å². The van der Waals surface area contributed by atoms with Crippen LogP contribution in [0, 0.1) is 0 Å². The van der Waals surface area contributed by atoms with E-state index in [-0.39, 0.29) is 130 Å². The van der Waals surface area contributed by atoms with E-state index in [4.69, 9.17) is 0 Å². The summed E-state index contributed by atoms with van der Waals surface area (Å²) in [6.45, 7) is 0. The molecule has 0 rings (SSSR count). The van der Waals surface area contributed by atoms with Gasteiger partial charge in [0.05, 0.1) is 0 Å². The van der Waals surface area contributed by atoms with Crippen LogP contribution in [0.3, 0.4) is 0 Å². The van der Waals surface area contributed by atoms with Gasteiger partial charge < -0.3 is 0 Å². The first-order valence-corrected chi connectivity index (χ1v) is 0. The zero-order valence-corrected chi connectivity index (χ0v) is 10.2. The van der Waals surface area contributed by atoms with Crippen LogP contribution in [0.25, 0.3) is 0 Å². The van der Waals surface area contributed by atoms with Crippen molar-refractivity contribution in [2.75, 3.05) is 0 Å². The second-order valence-electron chi connectivity index (χ2n) is 0. The second-order valence-corrected chi connectivity index (χ2v) is 0. The van der Waals surface area contributed by atoms with Crippen molar-refractivity contribution in [1.29, 1.82) is 0 Å². The van der Waals surface area contributed by atoms with Crippen LogP contribution in [0.5, 0.6) is 0 Å². The van der Waals surface area contributed by atoms with Gasteiger partial charge in [-0.3, -0.25) is 0 Å². The Labute approximate surface area is 126 Å². The third-order valence-electron chi connectivity index (χ3n) is 0. The summed E-state index contributed by atoms with van der Waals surface area (Å²) in [6.07, 6.45) is 0. The first-order chi connectivity index (χ1) is 0. The van der Waals surface area contributed by atoms with E-state index >= 15 is 0 Å². The van der Waals surface area contributed by atoms with Gasteiger partial charge in [-0.2, -0.15) is 0 Å². The van der Waals surface area contributed by atoms with E-state index in [0.717, 1.165) is 0 Å². The maximum Gasteiger partial charge on any atom is 0 e. The standard InChI is InChI=1S/3Ca.Fe. The molecule has 0 saturated heterocycles. The van der Waals surface area contributed by atoms with E-state index < -0.39 is 0 Å². The predicted molar refractivity (Wildman–Crippen MR) is 17.3 cm³/mol. The zero-order chi connectivity index (χ0) is 0. The Morgan fingerprint density at radius 2 is 0.500 bits per heavy atom. The molecule has 0 heterocycles. The van der Waals surface area contributed by atoms with Crippen molar-refractivity contribution in [1.82, 2.24) is 0 Å². The van der Waals surface area contributed by atoms with Gasteiger partial charge in [-0.25, -0.2) is 0 Å². The van der Waals surface area contributed by atoms with Crippen LogP contribution in [0.1, 0.15) is 0 Å². The molecule has 0 unspecified atom stereocenters. The second kappa shape index (κ2) is 15.7. The van der Waals surface area contributed by atoms with Crippen LogP contribution >= 0.6 is 0 Å². The number of rotatable bonds is 0. The van der Waals surface area contributed by atoms with Gasteiger partial charge in [0.25, 0.3) is 0 Å². The Morgan fingerprint density at radius 3 is 0.500 bits per heavy atom. The maximum atomic E-state index is 0. The molecule has 0 saturated carbocycles. The molecule has 0 aliphatic heterocycles. The minimum Gasteiger partial charge on any atom is 0 e. The zero-order valence-electron chi connectivity index (χ0n) is 2.47. The minimum absolute atomic E-state index is 0. The molecular weight excluding hydrogens is 176 g/mol. The van der Waals surface area contributed by atoms with Crippen LogP contribution in [0.4, 0.5) is 0 Å². The molecule has 0 aliphatic carbocycles. The molecule has 14 valence electrons. The molecule has 0 aromatic rings. The molecule has 0 aromatic heterocycles. The first-order valence-electron chi connectivity index (χ1n) is 0. The van der Waals surface area contributed by atoms with Gasteiger partial charge in [0.1, 0.15) is 0 Å². The van der Waals surface area contributed by atoms with Crippen molar-refractivity contribution in [3.63, 3.8) is 0 Å². The molecule has 0 aromatic carbocycles. The third-order valence-corrected chi connectivity index (χ3v) is 0. The average molecular weight is 176 g/mol.